The Hall–Kier alpha value is -2.77. The summed E-state index contributed by atoms with van der Waals surface area (Å²) in [6, 6.07) is 14.2. The van der Waals surface area contributed by atoms with Gasteiger partial charge in [-0.1, -0.05) is 43.3 Å². The highest BCUT2D eigenvalue weighted by molar-refractivity contribution is 9.10. The van der Waals surface area contributed by atoms with Gasteiger partial charge in [-0.25, -0.2) is 4.98 Å². The number of pyridine rings is 1. The van der Waals surface area contributed by atoms with E-state index >= 15 is 0 Å². The van der Waals surface area contributed by atoms with Gasteiger partial charge in [0, 0.05) is 28.8 Å². The van der Waals surface area contributed by atoms with Crippen LogP contribution in [0, 0.1) is 0 Å². The van der Waals surface area contributed by atoms with Gasteiger partial charge in [0.25, 0.3) is 0 Å². The average molecular weight is 492 g/mol. The van der Waals surface area contributed by atoms with Crippen molar-refractivity contribution in [2.45, 2.75) is 50.5 Å². The van der Waals surface area contributed by atoms with E-state index in [4.69, 9.17) is 10.7 Å². The van der Waals surface area contributed by atoms with Crippen LogP contribution in [-0.4, -0.2) is 30.3 Å². The molecule has 1 aliphatic rings. The van der Waals surface area contributed by atoms with E-state index in [2.05, 4.69) is 26.0 Å². The molecule has 0 unspecified atom stereocenters. The van der Waals surface area contributed by atoms with Crippen molar-refractivity contribution in [1.29, 1.82) is 0 Å². The number of rotatable bonds is 4. The second kappa shape index (κ2) is 8.30. The molecule has 0 bridgehead atoms. The Balaban J connectivity index is 1.52. The standard InChI is InChI=1S/C25H26BrN5O/c1-2-25(32)12-10-17(11-13-25)22-21(26)23(27)31-24(30-22)19(15-29-31)18-8-9-20(28-14-18)16-6-4-3-5-7-16/h3-9,14-15,17,32H,2,10-13,27H2,1H3/t17-,25-. The topological polar surface area (TPSA) is 89.3 Å². The summed E-state index contributed by atoms with van der Waals surface area (Å²) in [6.45, 7) is 2.05. The van der Waals surface area contributed by atoms with Crippen molar-refractivity contribution in [3.8, 4) is 22.4 Å². The summed E-state index contributed by atoms with van der Waals surface area (Å²) in [5.74, 6) is 0.797. The van der Waals surface area contributed by atoms with E-state index < -0.39 is 5.60 Å². The molecule has 3 aromatic heterocycles. The van der Waals surface area contributed by atoms with E-state index in [9.17, 15) is 5.11 Å². The number of fused-ring (bicyclic) bond motifs is 1. The van der Waals surface area contributed by atoms with Crippen LogP contribution in [0.15, 0.2) is 59.3 Å². The van der Waals surface area contributed by atoms with Crippen molar-refractivity contribution in [3.05, 3.63) is 65.0 Å². The van der Waals surface area contributed by atoms with Crippen LogP contribution in [0.1, 0.15) is 50.6 Å². The molecule has 4 aromatic rings. The first-order chi connectivity index (χ1) is 15.5. The van der Waals surface area contributed by atoms with Crippen molar-refractivity contribution in [2.75, 3.05) is 5.73 Å². The Morgan fingerprint density at radius 3 is 2.50 bits per heavy atom. The van der Waals surface area contributed by atoms with Crippen molar-refractivity contribution in [3.63, 3.8) is 0 Å². The maximum absolute atomic E-state index is 10.6. The summed E-state index contributed by atoms with van der Waals surface area (Å²) >= 11 is 3.66. The molecule has 164 valence electrons. The minimum Gasteiger partial charge on any atom is -0.390 e. The van der Waals surface area contributed by atoms with Gasteiger partial charge in [-0.05, 0) is 54.1 Å². The predicted octanol–water partition coefficient (Wildman–Crippen LogP) is 5.60. The Bertz CT molecular complexity index is 1250. The molecule has 5 rings (SSSR count). The maximum atomic E-state index is 10.6. The zero-order valence-corrected chi connectivity index (χ0v) is 19.6. The lowest BCUT2D eigenvalue weighted by Crippen LogP contribution is -2.32. The smallest absolute Gasteiger partial charge is 0.165 e. The van der Waals surface area contributed by atoms with Crippen LogP contribution in [-0.2, 0) is 0 Å². The molecule has 1 aliphatic carbocycles. The summed E-state index contributed by atoms with van der Waals surface area (Å²) in [7, 11) is 0. The summed E-state index contributed by atoms with van der Waals surface area (Å²) < 4.78 is 2.48. The fourth-order valence-corrected chi connectivity index (χ4v) is 5.18. The van der Waals surface area contributed by atoms with Gasteiger partial charge in [0.1, 0.15) is 5.82 Å². The van der Waals surface area contributed by atoms with Gasteiger partial charge in [0.05, 0.1) is 27.7 Å². The Morgan fingerprint density at radius 1 is 1.09 bits per heavy atom. The van der Waals surface area contributed by atoms with Gasteiger partial charge in [0.15, 0.2) is 5.65 Å². The van der Waals surface area contributed by atoms with Crippen LogP contribution < -0.4 is 5.73 Å². The second-order valence-corrected chi connectivity index (χ2v) is 9.43. The van der Waals surface area contributed by atoms with E-state index in [-0.39, 0.29) is 5.92 Å². The lowest BCUT2D eigenvalue weighted by atomic mass is 9.76. The Morgan fingerprint density at radius 2 is 1.84 bits per heavy atom. The molecule has 1 fully saturated rings. The minimum absolute atomic E-state index is 0.254. The van der Waals surface area contributed by atoms with Crippen LogP contribution in [0.25, 0.3) is 28.0 Å². The van der Waals surface area contributed by atoms with Gasteiger partial charge in [0.2, 0.25) is 0 Å². The van der Waals surface area contributed by atoms with Gasteiger partial charge in [-0.2, -0.15) is 9.61 Å². The van der Waals surface area contributed by atoms with Gasteiger partial charge >= 0.3 is 0 Å². The van der Waals surface area contributed by atoms with E-state index in [1.165, 1.54) is 0 Å². The number of hydrogen-bond donors (Lipinski definition) is 2. The van der Waals surface area contributed by atoms with Crippen LogP contribution in [0.4, 0.5) is 5.82 Å². The van der Waals surface area contributed by atoms with Crippen LogP contribution in [0.2, 0.25) is 0 Å². The number of aromatic nitrogens is 4. The number of nitrogens with zero attached hydrogens (tertiary/aromatic N) is 4. The predicted molar refractivity (Wildman–Crippen MR) is 130 cm³/mol. The lowest BCUT2D eigenvalue weighted by Gasteiger charge is -2.35. The molecule has 0 amide bonds. The first-order valence-corrected chi connectivity index (χ1v) is 11.9. The molecule has 0 atom stereocenters. The average Bonchev–Trinajstić information content (AvgIpc) is 3.27. The number of aliphatic hydroxyl groups is 1. The van der Waals surface area contributed by atoms with E-state index in [1.54, 1.807) is 10.7 Å². The highest BCUT2D eigenvalue weighted by atomic mass is 79.9. The van der Waals surface area contributed by atoms with Crippen molar-refractivity contribution >= 4 is 27.4 Å². The SMILES string of the molecule is CC[C@]1(O)CC[C@H](c2nc3c(-c4ccc(-c5ccccc5)nc4)cnn3c(N)c2Br)CC1. The molecule has 1 aromatic carbocycles. The second-order valence-electron chi connectivity index (χ2n) is 8.64. The molecule has 32 heavy (non-hydrogen) atoms. The highest BCUT2D eigenvalue weighted by Crippen LogP contribution is 2.42. The van der Waals surface area contributed by atoms with Crippen LogP contribution in [0.3, 0.4) is 0 Å². The third-order valence-corrected chi connectivity index (χ3v) is 7.57. The summed E-state index contributed by atoms with van der Waals surface area (Å²) in [5.41, 5.74) is 11.4. The molecular formula is C25H26BrN5O. The third-order valence-electron chi connectivity index (χ3n) is 6.75. The van der Waals surface area contributed by atoms with E-state index in [0.29, 0.717) is 5.82 Å². The van der Waals surface area contributed by atoms with Crippen molar-refractivity contribution < 1.29 is 5.11 Å². The Kier molecular flexibility index (Phi) is 5.47. The number of anilines is 1. The number of halogens is 1. The molecule has 0 saturated heterocycles. The fraction of sp³-hybridized carbons (Fsp3) is 0.320. The van der Waals surface area contributed by atoms with E-state index in [0.717, 1.165) is 70.3 Å². The molecule has 0 aliphatic heterocycles. The summed E-state index contributed by atoms with van der Waals surface area (Å²) in [5, 5.41) is 15.1. The molecule has 3 heterocycles. The number of nitrogen functional groups attached to an aromatic ring is 1. The fourth-order valence-electron chi connectivity index (χ4n) is 4.60. The van der Waals surface area contributed by atoms with Crippen LogP contribution in [0.5, 0.6) is 0 Å². The highest BCUT2D eigenvalue weighted by Gasteiger charge is 2.34. The molecule has 3 N–H and O–H groups in total. The molecule has 0 radical (unpaired) electrons. The molecule has 6 nitrogen and oxygen atoms in total. The monoisotopic (exact) mass is 491 g/mol. The normalized spacial score (nSPS) is 21.2. The molecule has 0 spiro atoms. The summed E-state index contributed by atoms with van der Waals surface area (Å²) in [4.78, 5) is 9.67. The van der Waals surface area contributed by atoms with Crippen molar-refractivity contribution in [2.24, 2.45) is 0 Å². The zero-order chi connectivity index (χ0) is 22.3. The summed E-state index contributed by atoms with van der Waals surface area (Å²) in [6.07, 6.45) is 7.79. The number of hydrogen-bond acceptors (Lipinski definition) is 5. The maximum Gasteiger partial charge on any atom is 0.165 e. The van der Waals surface area contributed by atoms with Crippen LogP contribution >= 0.6 is 15.9 Å². The van der Waals surface area contributed by atoms with Gasteiger partial charge < -0.3 is 10.8 Å². The molecule has 1 saturated carbocycles. The van der Waals surface area contributed by atoms with Gasteiger partial charge in [-0.15, -0.1) is 0 Å². The minimum atomic E-state index is -0.549. The molecular weight excluding hydrogens is 466 g/mol. The van der Waals surface area contributed by atoms with Crippen molar-refractivity contribution in [1.82, 2.24) is 19.6 Å². The first-order valence-electron chi connectivity index (χ1n) is 11.1. The quantitative estimate of drug-likeness (QED) is 0.387. The largest absolute Gasteiger partial charge is 0.390 e. The number of benzene rings is 1. The zero-order valence-electron chi connectivity index (χ0n) is 18.0. The molecule has 7 heteroatoms. The third kappa shape index (κ3) is 3.69. The lowest BCUT2D eigenvalue weighted by molar-refractivity contribution is -0.00453. The van der Waals surface area contributed by atoms with Gasteiger partial charge in [-0.3, -0.25) is 4.98 Å². The van der Waals surface area contributed by atoms with E-state index in [1.807, 2.05) is 55.6 Å². The number of nitrogens with two attached hydrogens (primary N) is 1. The Labute approximate surface area is 195 Å². The first kappa shape index (κ1) is 21.1.